The van der Waals surface area contributed by atoms with Gasteiger partial charge in [-0.2, -0.15) is 4.39 Å². The number of alkyl halides is 1. The van der Waals surface area contributed by atoms with Crippen molar-refractivity contribution in [3.8, 4) is 0 Å². The molecule has 0 N–H and O–H groups in total. The molecule has 21 heavy (non-hydrogen) atoms. The fourth-order valence-electron chi connectivity index (χ4n) is 2.34. The van der Waals surface area contributed by atoms with Gasteiger partial charge in [-0.15, -0.1) is 0 Å². The van der Waals surface area contributed by atoms with Crippen LogP contribution in [0.1, 0.15) is 23.7 Å². The number of piperidine rings is 1. The Kier molecular flexibility index (Phi) is 4.55. The summed E-state index contributed by atoms with van der Waals surface area (Å²) in [6.07, 6.45) is 0.658. The number of nitro groups is 1. The fraction of sp³-hybridized carbons (Fsp3) is 0.462. The number of benzene rings is 1. The second kappa shape index (κ2) is 6.05. The van der Waals surface area contributed by atoms with Gasteiger partial charge in [0.2, 0.25) is 5.82 Å². The van der Waals surface area contributed by atoms with Gasteiger partial charge in [0.05, 0.1) is 4.92 Å². The molecule has 1 aromatic rings. The molecule has 0 spiro atoms. The first-order valence-electron chi connectivity index (χ1n) is 6.38. The Labute approximate surface area is 128 Å². The molecule has 0 radical (unpaired) electrons. The topological polar surface area (TPSA) is 63.5 Å². The van der Waals surface area contributed by atoms with E-state index in [-0.39, 0.29) is 10.7 Å². The minimum atomic E-state index is -1.42. The molecule has 1 aliphatic heterocycles. The van der Waals surface area contributed by atoms with Gasteiger partial charge in [0.1, 0.15) is 11.4 Å². The summed E-state index contributed by atoms with van der Waals surface area (Å²) in [5.41, 5.74) is -1.76. The number of nitrogens with zero attached hydrogens (tertiary/aromatic N) is 2. The van der Waals surface area contributed by atoms with E-state index in [1.54, 1.807) is 0 Å². The van der Waals surface area contributed by atoms with Gasteiger partial charge < -0.3 is 4.90 Å². The van der Waals surface area contributed by atoms with Gasteiger partial charge in [-0.25, -0.2) is 4.39 Å². The van der Waals surface area contributed by atoms with Crippen LogP contribution in [-0.2, 0) is 0 Å². The number of hydrogen-bond donors (Lipinski definition) is 0. The van der Waals surface area contributed by atoms with E-state index in [0.717, 1.165) is 12.1 Å². The molecule has 0 saturated carbocycles. The third-order valence-corrected chi connectivity index (χ3v) is 4.93. The quantitative estimate of drug-likeness (QED) is 0.461. The number of hydrogen-bond acceptors (Lipinski definition) is 3. The summed E-state index contributed by atoms with van der Waals surface area (Å²) in [6.45, 7) is 2.61. The van der Waals surface area contributed by atoms with Crippen molar-refractivity contribution in [1.29, 1.82) is 0 Å². The summed E-state index contributed by atoms with van der Waals surface area (Å²) in [5, 5.41) is 10.7. The zero-order valence-electron chi connectivity index (χ0n) is 11.2. The molecule has 0 aliphatic carbocycles. The zero-order chi connectivity index (χ0) is 15.7. The molecular formula is C13H13BrF2N2O3. The number of amides is 1. The standard InChI is InChI=1S/C13H13BrF2N2O3/c1-7-6-17(5-4-8(7)14)13(19)11-9(15)2-3-10(12(11)16)18(20)21/h2-3,7-8H,4-6H2,1H3. The first-order chi connectivity index (χ1) is 9.82. The van der Waals surface area contributed by atoms with Crippen molar-refractivity contribution in [2.24, 2.45) is 5.92 Å². The first-order valence-corrected chi connectivity index (χ1v) is 7.30. The highest BCUT2D eigenvalue weighted by atomic mass is 79.9. The van der Waals surface area contributed by atoms with Crippen LogP contribution < -0.4 is 0 Å². The minimum Gasteiger partial charge on any atom is -0.338 e. The van der Waals surface area contributed by atoms with Crippen molar-refractivity contribution >= 4 is 27.5 Å². The van der Waals surface area contributed by atoms with E-state index in [4.69, 9.17) is 0 Å². The predicted molar refractivity (Wildman–Crippen MR) is 75.4 cm³/mol. The summed E-state index contributed by atoms with van der Waals surface area (Å²) in [5.74, 6) is -3.22. The van der Waals surface area contributed by atoms with Gasteiger partial charge in [-0.1, -0.05) is 22.9 Å². The number of rotatable bonds is 2. The van der Waals surface area contributed by atoms with Crippen LogP contribution in [0, 0.1) is 27.7 Å². The van der Waals surface area contributed by atoms with Crippen LogP contribution in [-0.4, -0.2) is 33.6 Å². The Bertz CT molecular complexity index is 597. The number of carbonyl (C=O) groups excluding carboxylic acids is 1. The third-order valence-electron chi connectivity index (χ3n) is 3.57. The molecule has 1 aliphatic rings. The lowest BCUT2D eigenvalue weighted by Gasteiger charge is -2.34. The maximum Gasteiger partial charge on any atom is 0.305 e. The van der Waals surface area contributed by atoms with Crippen molar-refractivity contribution in [2.45, 2.75) is 18.2 Å². The van der Waals surface area contributed by atoms with Crippen molar-refractivity contribution < 1.29 is 18.5 Å². The molecule has 8 heteroatoms. The van der Waals surface area contributed by atoms with Gasteiger partial charge in [0, 0.05) is 24.0 Å². The molecule has 2 rings (SSSR count). The summed E-state index contributed by atoms with van der Waals surface area (Å²) < 4.78 is 27.8. The van der Waals surface area contributed by atoms with Crippen LogP contribution in [0.4, 0.5) is 14.5 Å². The molecule has 2 unspecified atom stereocenters. The second-order valence-corrected chi connectivity index (χ2v) is 6.22. The molecule has 1 heterocycles. The first kappa shape index (κ1) is 15.8. The second-order valence-electron chi connectivity index (χ2n) is 5.05. The van der Waals surface area contributed by atoms with Gasteiger partial charge in [-0.05, 0) is 18.4 Å². The van der Waals surface area contributed by atoms with Crippen molar-refractivity contribution in [1.82, 2.24) is 4.90 Å². The van der Waals surface area contributed by atoms with E-state index in [1.807, 2.05) is 6.92 Å². The highest BCUT2D eigenvalue weighted by molar-refractivity contribution is 9.09. The van der Waals surface area contributed by atoms with Crippen LogP contribution in [0.2, 0.25) is 0 Å². The molecule has 0 aromatic heterocycles. The van der Waals surface area contributed by atoms with E-state index < -0.39 is 33.7 Å². The number of nitro benzene ring substituents is 1. The average molecular weight is 363 g/mol. The average Bonchev–Trinajstić information content (AvgIpc) is 2.41. The van der Waals surface area contributed by atoms with E-state index in [9.17, 15) is 23.7 Å². The van der Waals surface area contributed by atoms with E-state index in [1.165, 1.54) is 4.90 Å². The molecule has 2 atom stereocenters. The minimum absolute atomic E-state index is 0.132. The smallest absolute Gasteiger partial charge is 0.305 e. The van der Waals surface area contributed by atoms with E-state index in [2.05, 4.69) is 15.9 Å². The van der Waals surface area contributed by atoms with Crippen LogP contribution in [0.3, 0.4) is 0 Å². The van der Waals surface area contributed by atoms with Crippen LogP contribution in [0.25, 0.3) is 0 Å². The largest absolute Gasteiger partial charge is 0.338 e. The lowest BCUT2D eigenvalue weighted by atomic mass is 9.99. The monoisotopic (exact) mass is 362 g/mol. The van der Waals surface area contributed by atoms with Gasteiger partial charge in [-0.3, -0.25) is 14.9 Å². The van der Waals surface area contributed by atoms with Crippen molar-refractivity contribution in [3.05, 3.63) is 39.4 Å². The number of likely N-dealkylation sites (tertiary alicyclic amines) is 1. The maximum absolute atomic E-state index is 14.0. The van der Waals surface area contributed by atoms with Crippen LogP contribution >= 0.6 is 15.9 Å². The Morgan fingerprint density at radius 3 is 2.71 bits per heavy atom. The highest BCUT2D eigenvalue weighted by Gasteiger charge is 2.33. The Morgan fingerprint density at radius 1 is 1.48 bits per heavy atom. The Hall–Kier alpha value is -1.57. The summed E-state index contributed by atoms with van der Waals surface area (Å²) in [4.78, 5) is 23.6. The summed E-state index contributed by atoms with van der Waals surface area (Å²) in [6, 6.07) is 1.46. The number of carbonyl (C=O) groups is 1. The van der Waals surface area contributed by atoms with E-state index in [0.29, 0.717) is 19.5 Å². The predicted octanol–water partition coefficient (Wildman–Crippen LogP) is 3.12. The lowest BCUT2D eigenvalue weighted by Crippen LogP contribution is -2.43. The highest BCUT2D eigenvalue weighted by Crippen LogP contribution is 2.28. The Balaban J connectivity index is 2.35. The van der Waals surface area contributed by atoms with Gasteiger partial charge in [0.15, 0.2) is 0 Å². The van der Waals surface area contributed by atoms with Crippen molar-refractivity contribution in [3.63, 3.8) is 0 Å². The van der Waals surface area contributed by atoms with E-state index >= 15 is 0 Å². The molecule has 1 saturated heterocycles. The summed E-state index contributed by atoms with van der Waals surface area (Å²) in [7, 11) is 0. The molecule has 0 bridgehead atoms. The summed E-state index contributed by atoms with van der Waals surface area (Å²) >= 11 is 3.47. The lowest BCUT2D eigenvalue weighted by molar-refractivity contribution is -0.387. The van der Waals surface area contributed by atoms with Crippen LogP contribution in [0.5, 0.6) is 0 Å². The van der Waals surface area contributed by atoms with Crippen LogP contribution in [0.15, 0.2) is 12.1 Å². The molecule has 5 nitrogen and oxygen atoms in total. The molecule has 1 amide bonds. The van der Waals surface area contributed by atoms with Gasteiger partial charge in [0.25, 0.3) is 5.91 Å². The SMILES string of the molecule is CC1CN(C(=O)c2c(F)ccc([N+](=O)[O-])c2F)CCC1Br. The van der Waals surface area contributed by atoms with Gasteiger partial charge >= 0.3 is 5.69 Å². The molecular weight excluding hydrogens is 350 g/mol. The normalized spacial score (nSPS) is 22.2. The molecule has 1 aromatic carbocycles. The fourth-order valence-corrected chi connectivity index (χ4v) is 2.71. The third kappa shape index (κ3) is 3.04. The molecule has 1 fully saturated rings. The maximum atomic E-state index is 14.0. The molecule has 114 valence electrons. The number of halogens is 3. The van der Waals surface area contributed by atoms with Crippen molar-refractivity contribution in [2.75, 3.05) is 13.1 Å². The Morgan fingerprint density at radius 2 is 2.14 bits per heavy atom. The zero-order valence-corrected chi connectivity index (χ0v) is 12.8.